The second-order valence-corrected chi connectivity index (χ2v) is 4.87. The van der Waals surface area contributed by atoms with E-state index in [1.165, 1.54) is 19.1 Å². The van der Waals surface area contributed by atoms with Gasteiger partial charge in [-0.1, -0.05) is 19.4 Å². The van der Waals surface area contributed by atoms with Crippen molar-refractivity contribution in [1.82, 2.24) is 0 Å². The fraction of sp³-hybridized carbons (Fsp3) is 0.533. The van der Waals surface area contributed by atoms with Crippen LogP contribution >= 0.6 is 0 Å². The molecule has 0 aliphatic rings. The summed E-state index contributed by atoms with van der Waals surface area (Å²) < 4.78 is 27.0. The topological polar surface area (TPSA) is 43.1 Å². The van der Waals surface area contributed by atoms with E-state index in [1.807, 2.05) is 6.92 Å². The highest BCUT2D eigenvalue weighted by Crippen LogP contribution is 2.20. The number of ketones is 1. The van der Waals surface area contributed by atoms with Crippen LogP contribution in [0.5, 0.6) is 0 Å². The van der Waals surface area contributed by atoms with Gasteiger partial charge in [-0.3, -0.25) is 4.79 Å². The van der Waals surface area contributed by atoms with Crippen molar-refractivity contribution in [3.63, 3.8) is 0 Å². The van der Waals surface area contributed by atoms with Crippen LogP contribution in [0.4, 0.5) is 8.78 Å². The lowest BCUT2D eigenvalue weighted by atomic mass is 9.93. The zero-order chi connectivity index (χ0) is 14.4. The van der Waals surface area contributed by atoms with Gasteiger partial charge in [-0.05, 0) is 43.9 Å². The molecule has 0 heterocycles. The zero-order valence-electron chi connectivity index (χ0n) is 11.5. The number of hydrogen-bond donors (Lipinski definition) is 1. The Morgan fingerprint density at radius 1 is 1.26 bits per heavy atom. The highest BCUT2D eigenvalue weighted by Gasteiger charge is 2.18. The van der Waals surface area contributed by atoms with E-state index in [-0.39, 0.29) is 23.3 Å². The molecule has 19 heavy (non-hydrogen) atoms. The minimum absolute atomic E-state index is 0.147. The molecule has 1 atom stereocenters. The highest BCUT2D eigenvalue weighted by molar-refractivity contribution is 5.96. The maximum absolute atomic E-state index is 13.7. The third kappa shape index (κ3) is 4.10. The van der Waals surface area contributed by atoms with Crippen LogP contribution in [0, 0.1) is 24.5 Å². The third-order valence-electron chi connectivity index (χ3n) is 3.51. The number of carbonyl (C=O) groups is 1. The molecule has 1 rings (SSSR count). The minimum atomic E-state index is -1.03. The Labute approximate surface area is 113 Å². The van der Waals surface area contributed by atoms with Crippen LogP contribution in [0.1, 0.15) is 48.5 Å². The Balaban J connectivity index is 2.71. The molecule has 0 aliphatic heterocycles. The second-order valence-electron chi connectivity index (χ2n) is 4.87. The summed E-state index contributed by atoms with van der Waals surface area (Å²) in [6.07, 6.45) is 2.70. The van der Waals surface area contributed by atoms with E-state index in [4.69, 9.17) is 5.73 Å². The molecule has 2 nitrogen and oxygen atoms in total. The van der Waals surface area contributed by atoms with Crippen molar-refractivity contribution < 1.29 is 13.6 Å². The van der Waals surface area contributed by atoms with Gasteiger partial charge in [-0.25, -0.2) is 8.78 Å². The van der Waals surface area contributed by atoms with Gasteiger partial charge in [0.15, 0.2) is 17.4 Å². The first-order valence-electron chi connectivity index (χ1n) is 6.69. The molecule has 0 bridgehead atoms. The van der Waals surface area contributed by atoms with Crippen LogP contribution in [-0.2, 0) is 0 Å². The molecular weight excluding hydrogens is 248 g/mol. The van der Waals surface area contributed by atoms with Crippen LogP contribution < -0.4 is 5.73 Å². The predicted molar refractivity (Wildman–Crippen MR) is 72.1 cm³/mol. The standard InChI is InChI=1S/C15H21F2NO/c1-3-11(8-9-18)5-7-13(19)12-6-4-10(2)14(16)15(12)17/h4,6,11H,3,5,7-9,18H2,1-2H3. The van der Waals surface area contributed by atoms with Crippen molar-refractivity contribution in [2.45, 2.75) is 39.5 Å². The molecule has 0 radical (unpaired) electrons. The van der Waals surface area contributed by atoms with E-state index in [2.05, 4.69) is 0 Å². The predicted octanol–water partition coefficient (Wildman–Crippen LogP) is 3.61. The average molecular weight is 269 g/mol. The van der Waals surface area contributed by atoms with Crippen LogP contribution in [0.2, 0.25) is 0 Å². The summed E-state index contributed by atoms with van der Waals surface area (Å²) in [6.45, 7) is 4.10. The maximum atomic E-state index is 13.7. The summed E-state index contributed by atoms with van der Waals surface area (Å²) in [4.78, 5) is 11.9. The summed E-state index contributed by atoms with van der Waals surface area (Å²) in [5.41, 5.74) is 5.55. The Hall–Kier alpha value is -1.29. The number of hydrogen-bond acceptors (Lipinski definition) is 2. The summed E-state index contributed by atoms with van der Waals surface area (Å²) >= 11 is 0. The zero-order valence-corrected chi connectivity index (χ0v) is 11.5. The summed E-state index contributed by atoms with van der Waals surface area (Å²) in [5.74, 6) is -1.93. The van der Waals surface area contributed by atoms with E-state index in [9.17, 15) is 13.6 Å². The van der Waals surface area contributed by atoms with Gasteiger partial charge in [0.05, 0.1) is 5.56 Å². The normalized spacial score (nSPS) is 12.5. The summed E-state index contributed by atoms with van der Waals surface area (Å²) in [5, 5.41) is 0. The van der Waals surface area contributed by atoms with Crippen molar-refractivity contribution >= 4 is 5.78 Å². The van der Waals surface area contributed by atoms with E-state index >= 15 is 0 Å². The lowest BCUT2D eigenvalue weighted by molar-refractivity contribution is 0.0967. The van der Waals surface area contributed by atoms with E-state index in [0.29, 0.717) is 18.9 Å². The number of aryl methyl sites for hydroxylation is 1. The SMILES string of the molecule is CCC(CCN)CCC(=O)c1ccc(C)c(F)c1F. The monoisotopic (exact) mass is 269 g/mol. The number of carbonyl (C=O) groups excluding carboxylic acids is 1. The molecule has 0 fully saturated rings. The second kappa shape index (κ2) is 7.34. The molecule has 4 heteroatoms. The van der Waals surface area contributed by atoms with Crippen LogP contribution in [0.15, 0.2) is 12.1 Å². The smallest absolute Gasteiger partial charge is 0.169 e. The van der Waals surface area contributed by atoms with E-state index in [1.54, 1.807) is 0 Å². The number of nitrogens with two attached hydrogens (primary N) is 1. The number of rotatable bonds is 7. The molecule has 1 aromatic carbocycles. The fourth-order valence-corrected chi connectivity index (χ4v) is 2.12. The number of benzene rings is 1. The van der Waals surface area contributed by atoms with Crippen LogP contribution in [0.25, 0.3) is 0 Å². The van der Waals surface area contributed by atoms with Gasteiger partial charge in [-0.15, -0.1) is 0 Å². The molecule has 2 N–H and O–H groups in total. The van der Waals surface area contributed by atoms with Crippen LogP contribution in [-0.4, -0.2) is 12.3 Å². The van der Waals surface area contributed by atoms with Crippen molar-refractivity contribution in [3.05, 3.63) is 34.9 Å². The largest absolute Gasteiger partial charge is 0.330 e. The Kier molecular flexibility index (Phi) is 6.09. The molecule has 106 valence electrons. The van der Waals surface area contributed by atoms with Gasteiger partial charge in [0, 0.05) is 6.42 Å². The van der Waals surface area contributed by atoms with Gasteiger partial charge in [0.1, 0.15) is 0 Å². The molecule has 0 aromatic heterocycles. The van der Waals surface area contributed by atoms with Crippen molar-refractivity contribution in [2.75, 3.05) is 6.54 Å². The highest BCUT2D eigenvalue weighted by atomic mass is 19.2. The van der Waals surface area contributed by atoms with E-state index in [0.717, 1.165) is 12.8 Å². The fourth-order valence-electron chi connectivity index (χ4n) is 2.12. The quantitative estimate of drug-likeness (QED) is 0.768. The first-order valence-corrected chi connectivity index (χ1v) is 6.69. The van der Waals surface area contributed by atoms with Gasteiger partial charge >= 0.3 is 0 Å². The Morgan fingerprint density at radius 3 is 2.53 bits per heavy atom. The Bertz CT molecular complexity index is 446. The van der Waals surface area contributed by atoms with Crippen molar-refractivity contribution in [2.24, 2.45) is 11.7 Å². The lowest BCUT2D eigenvalue weighted by Gasteiger charge is -2.13. The molecule has 0 saturated heterocycles. The summed E-state index contributed by atoms with van der Waals surface area (Å²) in [6, 6.07) is 2.79. The molecule has 1 unspecified atom stereocenters. The molecule has 1 aromatic rings. The first-order chi connectivity index (χ1) is 9.01. The van der Waals surface area contributed by atoms with Gasteiger partial charge in [-0.2, -0.15) is 0 Å². The van der Waals surface area contributed by atoms with Gasteiger partial charge in [0.25, 0.3) is 0 Å². The molecule has 0 amide bonds. The molecule has 0 saturated carbocycles. The minimum Gasteiger partial charge on any atom is -0.330 e. The maximum Gasteiger partial charge on any atom is 0.169 e. The van der Waals surface area contributed by atoms with Gasteiger partial charge < -0.3 is 5.73 Å². The first kappa shape index (κ1) is 15.8. The van der Waals surface area contributed by atoms with E-state index < -0.39 is 11.6 Å². The number of Topliss-reactive ketones (excluding diaryl/α,β-unsaturated/α-hetero) is 1. The third-order valence-corrected chi connectivity index (χ3v) is 3.51. The van der Waals surface area contributed by atoms with Gasteiger partial charge in [0.2, 0.25) is 0 Å². The van der Waals surface area contributed by atoms with Crippen LogP contribution in [0.3, 0.4) is 0 Å². The average Bonchev–Trinajstić information content (AvgIpc) is 2.40. The van der Waals surface area contributed by atoms with Crippen molar-refractivity contribution in [1.29, 1.82) is 0 Å². The Morgan fingerprint density at radius 2 is 1.95 bits per heavy atom. The molecular formula is C15H21F2NO. The van der Waals surface area contributed by atoms with Crippen molar-refractivity contribution in [3.8, 4) is 0 Å². The molecule has 0 spiro atoms. The lowest BCUT2D eigenvalue weighted by Crippen LogP contribution is -2.11. The summed E-state index contributed by atoms with van der Waals surface area (Å²) in [7, 11) is 0. The number of halogens is 2. The molecule has 0 aliphatic carbocycles.